The number of hydrogen-bond donors (Lipinski definition) is 2. The van der Waals surface area contributed by atoms with Gasteiger partial charge in [-0.05, 0) is 37.1 Å². The second kappa shape index (κ2) is 8.18. The molecule has 0 radical (unpaired) electrons. The van der Waals surface area contributed by atoms with Gasteiger partial charge in [-0.25, -0.2) is 9.18 Å². The zero-order valence-corrected chi connectivity index (χ0v) is 14.9. The van der Waals surface area contributed by atoms with E-state index in [0.29, 0.717) is 11.3 Å². The third-order valence-corrected chi connectivity index (χ3v) is 4.17. The second-order valence-electron chi connectivity index (χ2n) is 6.01. The van der Waals surface area contributed by atoms with Crippen LogP contribution in [0, 0.1) is 5.82 Å². The lowest BCUT2D eigenvalue weighted by atomic mass is 10.1. The summed E-state index contributed by atoms with van der Waals surface area (Å²) in [5.74, 6) is -2.84. The molecule has 2 aromatic carbocycles. The first-order chi connectivity index (χ1) is 13.0. The Labute approximate surface area is 159 Å². The zero-order valence-electron chi connectivity index (χ0n) is 14.1. The highest BCUT2D eigenvalue weighted by molar-refractivity contribution is 6.33. The van der Waals surface area contributed by atoms with E-state index >= 15 is 0 Å². The van der Waals surface area contributed by atoms with Gasteiger partial charge in [0, 0.05) is 6.04 Å². The molecule has 1 aliphatic rings. The molecule has 6 nitrogen and oxygen atoms in total. The van der Waals surface area contributed by atoms with E-state index in [9.17, 15) is 18.8 Å². The lowest BCUT2D eigenvalue weighted by molar-refractivity contribution is -0.119. The van der Waals surface area contributed by atoms with Crippen LogP contribution in [0.2, 0.25) is 5.02 Å². The van der Waals surface area contributed by atoms with E-state index in [1.54, 1.807) is 24.3 Å². The van der Waals surface area contributed by atoms with Gasteiger partial charge in [-0.15, -0.1) is 0 Å². The number of carbonyl (C=O) groups excluding carboxylic acids is 3. The van der Waals surface area contributed by atoms with Gasteiger partial charge >= 0.3 is 5.97 Å². The SMILES string of the molecule is O=C(COC(=O)c1c(F)cccc1Cl)Nc1ccccc1C(=O)NC1CC1. The molecule has 0 unspecified atom stereocenters. The van der Waals surface area contributed by atoms with Crippen LogP contribution in [0.5, 0.6) is 0 Å². The molecule has 27 heavy (non-hydrogen) atoms. The van der Waals surface area contributed by atoms with Crippen LogP contribution in [0.1, 0.15) is 33.6 Å². The summed E-state index contributed by atoms with van der Waals surface area (Å²) in [6.45, 7) is -0.651. The molecule has 3 rings (SSSR count). The van der Waals surface area contributed by atoms with Crippen LogP contribution in [0.15, 0.2) is 42.5 Å². The summed E-state index contributed by atoms with van der Waals surface area (Å²) in [5.41, 5.74) is 0.165. The highest BCUT2D eigenvalue weighted by atomic mass is 35.5. The molecule has 0 saturated heterocycles. The van der Waals surface area contributed by atoms with Crippen LogP contribution >= 0.6 is 11.6 Å². The van der Waals surface area contributed by atoms with E-state index in [1.165, 1.54) is 12.1 Å². The molecule has 140 valence electrons. The lowest BCUT2D eigenvalue weighted by Gasteiger charge is -2.11. The molecule has 0 aliphatic heterocycles. The molecule has 2 amide bonds. The van der Waals surface area contributed by atoms with Crippen LogP contribution in [-0.4, -0.2) is 30.4 Å². The van der Waals surface area contributed by atoms with E-state index in [1.807, 2.05) is 0 Å². The van der Waals surface area contributed by atoms with E-state index in [-0.39, 0.29) is 17.0 Å². The quantitative estimate of drug-likeness (QED) is 0.742. The van der Waals surface area contributed by atoms with Gasteiger partial charge in [0.15, 0.2) is 6.61 Å². The topological polar surface area (TPSA) is 84.5 Å². The molecule has 0 atom stereocenters. The van der Waals surface area contributed by atoms with Crippen molar-refractivity contribution >= 4 is 35.1 Å². The fraction of sp³-hybridized carbons (Fsp3) is 0.211. The number of esters is 1. The fourth-order valence-corrected chi connectivity index (χ4v) is 2.60. The smallest absolute Gasteiger partial charge is 0.343 e. The van der Waals surface area contributed by atoms with E-state index in [0.717, 1.165) is 18.9 Å². The number of amides is 2. The van der Waals surface area contributed by atoms with Crippen molar-refractivity contribution < 1.29 is 23.5 Å². The van der Waals surface area contributed by atoms with Gasteiger partial charge in [-0.1, -0.05) is 29.8 Å². The summed E-state index contributed by atoms with van der Waals surface area (Å²) < 4.78 is 18.5. The minimum absolute atomic E-state index is 0.109. The van der Waals surface area contributed by atoms with Gasteiger partial charge in [0.1, 0.15) is 11.4 Å². The van der Waals surface area contributed by atoms with Gasteiger partial charge in [0.05, 0.1) is 16.3 Å². The average Bonchev–Trinajstić information content (AvgIpc) is 3.44. The summed E-state index contributed by atoms with van der Waals surface area (Å²) in [7, 11) is 0. The number of para-hydroxylation sites is 1. The van der Waals surface area contributed by atoms with Crippen LogP contribution in [0.3, 0.4) is 0 Å². The third kappa shape index (κ3) is 4.83. The van der Waals surface area contributed by atoms with E-state index in [2.05, 4.69) is 10.6 Å². The number of nitrogens with one attached hydrogen (secondary N) is 2. The summed E-state index contributed by atoms with van der Waals surface area (Å²) in [6, 6.07) is 10.4. The number of halogens is 2. The Balaban J connectivity index is 1.61. The summed E-state index contributed by atoms with van der Waals surface area (Å²) in [5, 5.41) is 5.24. The van der Waals surface area contributed by atoms with Crippen molar-refractivity contribution in [3.8, 4) is 0 Å². The highest BCUT2D eigenvalue weighted by Gasteiger charge is 2.25. The van der Waals surface area contributed by atoms with Crippen LogP contribution in [0.25, 0.3) is 0 Å². The molecule has 1 aliphatic carbocycles. The number of ether oxygens (including phenoxy) is 1. The van der Waals surface area contributed by atoms with E-state index < -0.39 is 29.9 Å². The Morgan fingerprint density at radius 1 is 1.11 bits per heavy atom. The standard InChI is InChI=1S/C19H16ClFN2O4/c20-13-5-3-6-14(21)17(13)19(26)27-10-16(24)23-15-7-2-1-4-12(15)18(25)22-11-8-9-11/h1-7,11H,8-10H2,(H,22,25)(H,23,24). The average molecular weight is 391 g/mol. The Kier molecular flexibility index (Phi) is 5.71. The van der Waals surface area contributed by atoms with Crippen molar-refractivity contribution in [2.45, 2.75) is 18.9 Å². The van der Waals surface area contributed by atoms with Crippen molar-refractivity contribution in [2.24, 2.45) is 0 Å². The zero-order chi connectivity index (χ0) is 19.4. The van der Waals surface area contributed by atoms with Crippen LogP contribution in [-0.2, 0) is 9.53 Å². The molecular weight excluding hydrogens is 375 g/mol. The second-order valence-corrected chi connectivity index (χ2v) is 6.42. The van der Waals surface area contributed by atoms with Gasteiger partial charge < -0.3 is 15.4 Å². The van der Waals surface area contributed by atoms with Gasteiger partial charge in [0.2, 0.25) is 0 Å². The predicted octanol–water partition coefficient (Wildman–Crippen LogP) is 3.17. The summed E-state index contributed by atoms with van der Waals surface area (Å²) >= 11 is 5.79. The summed E-state index contributed by atoms with van der Waals surface area (Å²) in [6.07, 6.45) is 1.88. The monoisotopic (exact) mass is 390 g/mol. The van der Waals surface area contributed by atoms with Crippen molar-refractivity contribution in [3.05, 3.63) is 64.4 Å². The van der Waals surface area contributed by atoms with Gasteiger partial charge in [0.25, 0.3) is 11.8 Å². The minimum Gasteiger partial charge on any atom is -0.452 e. The molecule has 1 saturated carbocycles. The number of benzene rings is 2. The minimum atomic E-state index is -1.05. The summed E-state index contributed by atoms with van der Waals surface area (Å²) in [4.78, 5) is 36.3. The molecule has 0 bridgehead atoms. The van der Waals surface area contributed by atoms with Crippen LogP contribution < -0.4 is 10.6 Å². The Morgan fingerprint density at radius 3 is 2.56 bits per heavy atom. The molecule has 0 heterocycles. The Bertz CT molecular complexity index is 879. The van der Waals surface area contributed by atoms with Crippen LogP contribution in [0.4, 0.5) is 10.1 Å². The van der Waals surface area contributed by atoms with Crippen molar-refractivity contribution in [1.82, 2.24) is 5.32 Å². The molecule has 8 heteroatoms. The van der Waals surface area contributed by atoms with Gasteiger partial charge in [-0.2, -0.15) is 0 Å². The lowest BCUT2D eigenvalue weighted by Crippen LogP contribution is -2.28. The maximum absolute atomic E-state index is 13.7. The Morgan fingerprint density at radius 2 is 1.85 bits per heavy atom. The molecule has 0 aromatic heterocycles. The maximum atomic E-state index is 13.7. The number of anilines is 1. The Hall–Kier alpha value is -2.93. The first-order valence-corrected chi connectivity index (χ1v) is 8.64. The normalized spacial score (nSPS) is 13.0. The van der Waals surface area contributed by atoms with Crippen molar-refractivity contribution in [3.63, 3.8) is 0 Å². The fourth-order valence-electron chi connectivity index (χ4n) is 2.36. The van der Waals surface area contributed by atoms with Gasteiger partial charge in [-0.3, -0.25) is 9.59 Å². The third-order valence-electron chi connectivity index (χ3n) is 3.86. The molecule has 0 spiro atoms. The first-order valence-electron chi connectivity index (χ1n) is 8.26. The van der Waals surface area contributed by atoms with E-state index in [4.69, 9.17) is 16.3 Å². The van der Waals surface area contributed by atoms with Crippen molar-refractivity contribution in [1.29, 1.82) is 0 Å². The number of hydrogen-bond acceptors (Lipinski definition) is 4. The molecule has 1 fully saturated rings. The number of carbonyl (C=O) groups is 3. The highest BCUT2D eigenvalue weighted by Crippen LogP contribution is 2.22. The first kappa shape index (κ1) is 18.8. The largest absolute Gasteiger partial charge is 0.452 e. The number of rotatable bonds is 6. The molecular formula is C19H16ClFN2O4. The van der Waals surface area contributed by atoms with Crippen molar-refractivity contribution in [2.75, 3.05) is 11.9 Å². The maximum Gasteiger partial charge on any atom is 0.343 e. The molecule has 2 aromatic rings. The molecule has 2 N–H and O–H groups in total. The predicted molar refractivity (Wildman–Crippen MR) is 97.3 cm³/mol.